The van der Waals surface area contributed by atoms with Gasteiger partial charge in [0.15, 0.2) is 0 Å². The fraction of sp³-hybridized carbons (Fsp3) is 0.667. The van der Waals surface area contributed by atoms with Crippen LogP contribution in [0.2, 0.25) is 0 Å². The summed E-state index contributed by atoms with van der Waals surface area (Å²) in [5.41, 5.74) is 5.92. The minimum atomic E-state index is -0.105. The number of rotatable bonds is 4. The highest BCUT2D eigenvalue weighted by atomic mass is 79.9. The molecule has 3 unspecified atom stereocenters. The molecule has 6 heteroatoms. The molecule has 4 nitrogen and oxygen atoms in total. The smallest absolute Gasteiger partial charge is 0.0936 e. The maximum Gasteiger partial charge on any atom is 0.0936 e. The van der Waals surface area contributed by atoms with Gasteiger partial charge in [-0.25, -0.2) is 0 Å². The molecule has 1 aromatic rings. The number of halogens is 1. The average molecular weight is 335 g/mol. The second-order valence-electron chi connectivity index (χ2n) is 4.62. The Hall–Kier alpha value is 0.0200. The van der Waals surface area contributed by atoms with Crippen molar-refractivity contribution in [1.82, 2.24) is 4.90 Å². The monoisotopic (exact) mass is 334 g/mol. The summed E-state index contributed by atoms with van der Waals surface area (Å²) >= 11 is 5.19. The molecule has 2 heterocycles. The van der Waals surface area contributed by atoms with E-state index in [1.54, 1.807) is 11.3 Å². The predicted molar refractivity (Wildman–Crippen MR) is 76.8 cm³/mol. The molecule has 0 aliphatic carbocycles. The molecule has 102 valence electrons. The Kier molecular flexibility index (Phi) is 5.17. The maximum absolute atomic E-state index is 9.27. The van der Waals surface area contributed by atoms with E-state index in [2.05, 4.69) is 32.3 Å². The number of nitrogens with zero attached hydrogens (tertiary/aromatic N) is 1. The highest BCUT2D eigenvalue weighted by Gasteiger charge is 2.30. The van der Waals surface area contributed by atoms with Crippen molar-refractivity contribution in [3.8, 4) is 0 Å². The van der Waals surface area contributed by atoms with Gasteiger partial charge in [-0.2, -0.15) is 0 Å². The van der Waals surface area contributed by atoms with E-state index in [1.807, 2.05) is 6.92 Å². The van der Waals surface area contributed by atoms with Crippen molar-refractivity contribution in [2.75, 3.05) is 26.2 Å². The van der Waals surface area contributed by atoms with Gasteiger partial charge in [0.25, 0.3) is 0 Å². The Balaban J connectivity index is 2.11. The number of thiophene rings is 1. The standard InChI is InChI=1S/C12H19BrN2O2S/c1-8-4-15(5-10(6-16)17-8)11(3-14)12-2-9(13)7-18-12/h2,7-8,10-11,16H,3-6,14H2,1H3. The van der Waals surface area contributed by atoms with Crippen LogP contribution in [0.1, 0.15) is 17.8 Å². The number of nitrogens with two attached hydrogens (primary N) is 1. The first-order chi connectivity index (χ1) is 8.63. The Bertz CT molecular complexity index is 388. The van der Waals surface area contributed by atoms with E-state index >= 15 is 0 Å². The largest absolute Gasteiger partial charge is 0.394 e. The lowest BCUT2D eigenvalue weighted by molar-refractivity contribution is -0.105. The molecule has 0 amide bonds. The molecule has 18 heavy (non-hydrogen) atoms. The zero-order valence-electron chi connectivity index (χ0n) is 10.4. The number of aliphatic hydroxyl groups is 1. The third-order valence-electron chi connectivity index (χ3n) is 3.14. The molecule has 0 radical (unpaired) electrons. The van der Waals surface area contributed by atoms with Crippen LogP contribution in [0.15, 0.2) is 15.9 Å². The molecule has 1 aliphatic rings. The van der Waals surface area contributed by atoms with Crippen LogP contribution in [0.25, 0.3) is 0 Å². The second kappa shape index (κ2) is 6.45. The molecule has 3 atom stereocenters. The van der Waals surface area contributed by atoms with Crippen molar-refractivity contribution >= 4 is 27.3 Å². The summed E-state index contributed by atoms with van der Waals surface area (Å²) in [7, 11) is 0. The van der Waals surface area contributed by atoms with Gasteiger partial charge < -0.3 is 15.6 Å². The van der Waals surface area contributed by atoms with Crippen LogP contribution in [0.4, 0.5) is 0 Å². The topological polar surface area (TPSA) is 58.7 Å². The number of hydrogen-bond donors (Lipinski definition) is 2. The highest BCUT2D eigenvalue weighted by molar-refractivity contribution is 9.10. The first-order valence-electron chi connectivity index (χ1n) is 6.08. The van der Waals surface area contributed by atoms with Crippen molar-refractivity contribution in [2.24, 2.45) is 5.73 Å². The van der Waals surface area contributed by atoms with E-state index in [-0.39, 0.29) is 24.9 Å². The molecule has 3 N–H and O–H groups in total. The molecule has 2 rings (SSSR count). The molecule has 0 spiro atoms. The van der Waals surface area contributed by atoms with E-state index in [1.165, 1.54) is 4.88 Å². The summed E-state index contributed by atoms with van der Waals surface area (Å²) in [4.78, 5) is 3.57. The number of aliphatic hydroxyl groups excluding tert-OH is 1. The Morgan fingerprint density at radius 2 is 2.44 bits per heavy atom. The lowest BCUT2D eigenvalue weighted by Crippen LogP contribution is -2.50. The quantitative estimate of drug-likeness (QED) is 0.877. The SMILES string of the molecule is CC1CN(C(CN)c2cc(Br)cs2)CC(CO)O1. The normalized spacial score (nSPS) is 27.3. The lowest BCUT2D eigenvalue weighted by Gasteiger charge is -2.40. The van der Waals surface area contributed by atoms with E-state index in [0.29, 0.717) is 6.54 Å². The molecule has 0 saturated carbocycles. The number of morpholine rings is 1. The minimum absolute atomic E-state index is 0.0618. The Morgan fingerprint density at radius 3 is 3.00 bits per heavy atom. The van der Waals surface area contributed by atoms with Gasteiger partial charge in [0.1, 0.15) is 0 Å². The summed E-state index contributed by atoms with van der Waals surface area (Å²) in [6.45, 7) is 4.27. The summed E-state index contributed by atoms with van der Waals surface area (Å²) in [5, 5.41) is 11.3. The van der Waals surface area contributed by atoms with Crippen molar-refractivity contribution in [2.45, 2.75) is 25.2 Å². The van der Waals surface area contributed by atoms with Crippen LogP contribution in [0.3, 0.4) is 0 Å². The van der Waals surface area contributed by atoms with Gasteiger partial charge in [0.2, 0.25) is 0 Å². The van der Waals surface area contributed by atoms with Crippen LogP contribution in [0, 0.1) is 0 Å². The average Bonchev–Trinajstić information content (AvgIpc) is 2.76. The zero-order valence-corrected chi connectivity index (χ0v) is 12.8. The van der Waals surface area contributed by atoms with Gasteiger partial charge in [-0.1, -0.05) is 0 Å². The summed E-state index contributed by atoms with van der Waals surface area (Å²) in [5.74, 6) is 0. The molecule has 1 fully saturated rings. The van der Waals surface area contributed by atoms with Gasteiger partial charge in [0.05, 0.1) is 24.9 Å². The Labute approximate surface area is 120 Å². The van der Waals surface area contributed by atoms with Crippen LogP contribution < -0.4 is 5.73 Å². The maximum atomic E-state index is 9.27. The molecule has 1 aromatic heterocycles. The van der Waals surface area contributed by atoms with Crippen LogP contribution in [-0.4, -0.2) is 48.5 Å². The van der Waals surface area contributed by atoms with E-state index < -0.39 is 0 Å². The van der Waals surface area contributed by atoms with E-state index in [0.717, 1.165) is 17.6 Å². The minimum Gasteiger partial charge on any atom is -0.394 e. The predicted octanol–water partition coefficient (Wildman–Crippen LogP) is 1.59. The van der Waals surface area contributed by atoms with Crippen molar-refractivity contribution < 1.29 is 9.84 Å². The molecule has 0 aromatic carbocycles. The van der Waals surface area contributed by atoms with Crippen LogP contribution >= 0.6 is 27.3 Å². The molecular formula is C12H19BrN2O2S. The summed E-state index contributed by atoms with van der Waals surface area (Å²) in [6.07, 6.45) is 0.0274. The van der Waals surface area contributed by atoms with Crippen LogP contribution in [0.5, 0.6) is 0 Å². The summed E-state index contributed by atoms with van der Waals surface area (Å²) in [6, 6.07) is 2.33. The Morgan fingerprint density at radius 1 is 1.67 bits per heavy atom. The van der Waals surface area contributed by atoms with Gasteiger partial charge in [-0.3, -0.25) is 4.90 Å². The van der Waals surface area contributed by atoms with Gasteiger partial charge >= 0.3 is 0 Å². The molecule has 1 aliphatic heterocycles. The van der Waals surface area contributed by atoms with Crippen molar-refractivity contribution in [1.29, 1.82) is 0 Å². The van der Waals surface area contributed by atoms with Crippen LogP contribution in [-0.2, 0) is 4.74 Å². The highest BCUT2D eigenvalue weighted by Crippen LogP contribution is 2.30. The second-order valence-corrected chi connectivity index (χ2v) is 6.48. The fourth-order valence-electron chi connectivity index (χ4n) is 2.38. The number of ether oxygens (including phenoxy) is 1. The van der Waals surface area contributed by atoms with E-state index in [4.69, 9.17) is 10.5 Å². The molecule has 0 bridgehead atoms. The van der Waals surface area contributed by atoms with Gasteiger partial charge in [-0.05, 0) is 28.9 Å². The first-order valence-corrected chi connectivity index (χ1v) is 7.75. The lowest BCUT2D eigenvalue weighted by atomic mass is 10.1. The third kappa shape index (κ3) is 3.31. The zero-order chi connectivity index (χ0) is 13.1. The number of hydrogen-bond acceptors (Lipinski definition) is 5. The van der Waals surface area contributed by atoms with Crippen molar-refractivity contribution in [3.63, 3.8) is 0 Å². The fourth-order valence-corrected chi connectivity index (χ4v) is 3.98. The third-order valence-corrected chi connectivity index (χ3v) is 4.93. The molecule has 1 saturated heterocycles. The van der Waals surface area contributed by atoms with E-state index in [9.17, 15) is 5.11 Å². The van der Waals surface area contributed by atoms with Gasteiger partial charge in [0, 0.05) is 34.4 Å². The summed E-state index contributed by atoms with van der Waals surface area (Å²) < 4.78 is 6.76. The van der Waals surface area contributed by atoms with Gasteiger partial charge in [-0.15, -0.1) is 11.3 Å². The van der Waals surface area contributed by atoms with Crippen molar-refractivity contribution in [3.05, 3.63) is 20.8 Å². The molecular weight excluding hydrogens is 316 g/mol. The first kappa shape index (κ1) is 14.4.